The van der Waals surface area contributed by atoms with Crippen molar-refractivity contribution in [2.24, 2.45) is 5.73 Å². The molecule has 5 aliphatic heterocycles. The van der Waals surface area contributed by atoms with E-state index in [0.29, 0.717) is 87.0 Å². The Labute approximate surface area is 845 Å². The molecule has 0 spiro atoms. The van der Waals surface area contributed by atoms with Crippen LogP contribution in [0.4, 0.5) is 28.9 Å². The topological polar surface area (TPSA) is 446 Å². The van der Waals surface area contributed by atoms with Crippen LogP contribution >= 0.6 is 69.6 Å². The molecule has 0 aromatic heterocycles. The van der Waals surface area contributed by atoms with Crippen molar-refractivity contribution >= 4 is 154 Å². The number of nitrogens with one attached hydrogen (secondary N) is 3. The number of hydroxylamine groups is 4. The van der Waals surface area contributed by atoms with Crippen LogP contribution in [0.5, 0.6) is 0 Å². The van der Waals surface area contributed by atoms with E-state index >= 15 is 0 Å². The van der Waals surface area contributed by atoms with Crippen LogP contribution in [0.3, 0.4) is 0 Å². The molecule has 5 heterocycles. The minimum atomic E-state index is -5.08. The number of ether oxygens (including phenoxy) is 6. The maximum Gasteiger partial charge on any atom is 0.490 e. The molecule has 0 bridgehead atoms. The van der Waals surface area contributed by atoms with Gasteiger partial charge < -0.3 is 85.7 Å². The number of sulfonamides is 1. The molecule has 141 heavy (non-hydrogen) atoms. The van der Waals surface area contributed by atoms with Crippen molar-refractivity contribution in [2.45, 2.75) is 105 Å². The average molecular weight is 2120 g/mol. The molecule has 5 aliphatic rings. The highest BCUT2D eigenvalue weighted by Gasteiger charge is 2.40. The van der Waals surface area contributed by atoms with Crippen LogP contribution in [0.2, 0.25) is 30.1 Å². The number of halogens is 10. The zero-order valence-electron chi connectivity index (χ0n) is 78.3. The highest BCUT2D eigenvalue weighted by atomic mass is 35.5. The van der Waals surface area contributed by atoms with E-state index in [9.17, 15) is 72.8 Å². The van der Waals surface area contributed by atoms with Crippen molar-refractivity contribution in [3.63, 3.8) is 0 Å². The summed E-state index contributed by atoms with van der Waals surface area (Å²) in [5.74, 6) is -8.26. The van der Waals surface area contributed by atoms with Crippen molar-refractivity contribution in [3.8, 4) is 0 Å². The molecule has 3 atom stereocenters. The molecule has 8 aromatic rings. The Balaban J connectivity index is 0.000000271. The van der Waals surface area contributed by atoms with Gasteiger partial charge in [0.25, 0.3) is 35.4 Å². The Morgan fingerprint density at radius 2 is 0.780 bits per heavy atom. The number of carbonyl (C=O) groups is 9. The number of imide groups is 2. The average Bonchev–Trinajstić information content (AvgIpc) is 0.991. The van der Waals surface area contributed by atoms with E-state index < -0.39 is 86.5 Å². The summed E-state index contributed by atoms with van der Waals surface area (Å²) in [6, 6.07) is 41.8. The second-order valence-corrected chi connectivity index (χ2v) is 39.3. The normalized spacial score (nSPS) is 16.0. The summed E-state index contributed by atoms with van der Waals surface area (Å²) in [7, 11) is -2.12. The summed E-state index contributed by atoms with van der Waals surface area (Å²) in [5, 5.41) is 17.1. The summed E-state index contributed by atoms with van der Waals surface area (Å²) < 4.78 is 135. The number of alkyl halides is 4. The molecule has 8 aromatic carbocycles. The van der Waals surface area contributed by atoms with E-state index in [2.05, 4.69) is 67.4 Å². The number of unbranched alkanes of at least 4 members (excludes halogenated alkanes) is 1. The second-order valence-electron chi connectivity index (χ2n) is 32.9. The van der Waals surface area contributed by atoms with Gasteiger partial charge in [0, 0.05) is 175 Å². The van der Waals surface area contributed by atoms with Crippen LogP contribution in [0.25, 0.3) is 0 Å². The molecule has 0 radical (unpaired) electrons. The SMILES string of the molecule is CN1Cc2c(Cl)cc(Cl)cc2C(c2ccc(CCCCOCCOCCN)cc2)C1.CN1Cc2c(Cl)cc(Cl)cc2C(c2ccc(S(=O)(=O)CCCOCCOCCNC(=O)c3cc(N)cc(C(=O)NCCOCCOCCNS(=O)(=O)c4ccc(C5CN(C)Cc6c(Cl)cc(Cl)cc65)cc4)c3)cc2)C1.Nc1cc(C(=O)ON2C(=O)CCC2=O)cc(C(=O)ON2C(=O)CCC2=O)c1.O=C(O)C(F)(F)F.[2H]CF. The fourth-order valence-corrected chi connectivity index (χ4v) is 19.5. The first-order chi connectivity index (χ1) is 67.6. The lowest BCUT2D eigenvalue weighted by Crippen LogP contribution is -2.33. The number of nitrogens with zero attached hydrogens (tertiary/aromatic N) is 5. The fraction of sp³-hybridized carbons (Fsp3) is 0.406. The fourth-order valence-electron chi connectivity index (χ4n) is 15.5. The van der Waals surface area contributed by atoms with Crippen LogP contribution in [-0.4, -0.2) is 265 Å². The summed E-state index contributed by atoms with van der Waals surface area (Å²) >= 11 is 38.5. The Morgan fingerprint density at radius 1 is 0.454 bits per heavy atom. The number of aliphatic carboxylic acids is 1. The molecule has 3 unspecified atom stereocenters. The summed E-state index contributed by atoms with van der Waals surface area (Å²) in [5.41, 5.74) is 28.4. The lowest BCUT2D eigenvalue weighted by molar-refractivity contribution is -0.192. The van der Waals surface area contributed by atoms with Gasteiger partial charge in [-0.05, 0) is 200 Å². The zero-order chi connectivity index (χ0) is 104. The minimum Gasteiger partial charge on any atom is -0.475 e. The lowest BCUT2D eigenvalue weighted by atomic mass is 9.84. The number of anilines is 2. The van der Waals surface area contributed by atoms with Crippen LogP contribution in [0, 0.1) is 0 Å². The number of carboxylic acids is 1. The van der Waals surface area contributed by atoms with Crippen LogP contribution in [0.1, 0.15) is 161 Å². The molecule has 0 saturated carbocycles. The first kappa shape index (κ1) is 113. The number of rotatable bonds is 41. The third-order valence-corrected chi connectivity index (χ3v) is 27.2. The zero-order valence-corrected chi connectivity index (χ0v) is 83.5. The number of nitrogen functional groups attached to an aromatic ring is 2. The maximum absolute atomic E-state index is 13.1. The molecule has 764 valence electrons. The van der Waals surface area contributed by atoms with E-state index in [1.54, 1.807) is 36.4 Å². The largest absolute Gasteiger partial charge is 0.490 e. The van der Waals surface area contributed by atoms with E-state index in [0.717, 1.165) is 109 Å². The monoisotopic (exact) mass is 2120 g/mol. The van der Waals surface area contributed by atoms with Gasteiger partial charge >= 0.3 is 24.1 Å². The van der Waals surface area contributed by atoms with Gasteiger partial charge in [0.2, 0.25) is 10.0 Å². The molecule has 45 heteroatoms. The standard InChI is InChI=1S/C53H62Cl4N6O10S2.C24H32Cl2N2O2.C16H13N3O8.C2HF3O2.CH3F/c1-62-31-46(44-27-39(54)29-50(56)48(44)33-62)35-4-8-42(9-5-35)74(66,67)23-3-15-70-19-20-71-16-12-59-52(64)37-24-38(26-41(58)25-37)53(65)60-13-17-72-21-22-73-18-14-61-75(68,69)43-10-6-36(7-11-43)47-32-63(2)34-49-45(47)28-40(55)30-51(49)57;1-28-16-22(21-14-20(25)15-24(26)23(21)17-28)19-7-5-18(6-8-19)4-2-3-10-29-12-13-30-11-9-27;17-10-6-8(15(24)26-18-11(20)1-2-12(18)21)5-9(7-10)16(25)27-19-13(22)3-4-14(19)23;3-2(4,5)1(6)7;1-2/h4-11,24-30,46-47,61H,3,12-23,31-34,58H2,1-2H3,(H,59,64)(H,60,65);5-8,14-15,22H,2-4,9-13,16-17,27H2,1H3;5-7H,1-4,17H2;(H,6,7);1H3/i;;;;1D. The predicted molar refractivity (Wildman–Crippen MR) is 522 cm³/mol. The molecule has 2 fully saturated rings. The molecule has 33 nitrogen and oxygen atoms in total. The maximum atomic E-state index is 13.1. The molecule has 10 N–H and O–H groups in total. The highest BCUT2D eigenvalue weighted by molar-refractivity contribution is 7.91. The molecular weight excluding hydrogens is 2010 g/mol. The Bertz CT molecular complexity index is 5650. The van der Waals surface area contributed by atoms with Crippen LogP contribution in [0.15, 0.2) is 155 Å². The number of benzene rings is 8. The van der Waals surface area contributed by atoms with Crippen molar-refractivity contribution < 1.29 is 122 Å². The number of fused-ring (bicyclic) bond motifs is 3. The third kappa shape index (κ3) is 34.9. The third-order valence-electron chi connectivity index (χ3n) is 22.3. The lowest BCUT2D eigenvalue weighted by Gasteiger charge is -2.33. The second kappa shape index (κ2) is 55.7. The van der Waals surface area contributed by atoms with Gasteiger partial charge in [0.15, 0.2) is 9.84 Å². The van der Waals surface area contributed by atoms with Gasteiger partial charge in [0.05, 0.1) is 101 Å². The van der Waals surface area contributed by atoms with Crippen molar-refractivity contribution in [1.29, 1.82) is 0 Å². The molecule has 2 saturated heterocycles. The van der Waals surface area contributed by atoms with Crippen LogP contribution in [-0.2, 0) is 108 Å². The minimum absolute atomic E-state index is 0.00615. The number of carbonyl (C=O) groups excluding carboxylic acids is 8. The first-order valence-electron chi connectivity index (χ1n) is 45.1. The number of likely N-dealkylation sites (N-methyl/N-ethyl adjacent to an activating group) is 3. The van der Waals surface area contributed by atoms with Gasteiger partial charge in [-0.15, -0.1) is 10.1 Å². The van der Waals surface area contributed by atoms with E-state index in [4.69, 9.17) is 136 Å². The number of nitrogens with two attached hydrogens (primary N) is 3. The first-order valence-corrected chi connectivity index (χ1v) is 49.8. The van der Waals surface area contributed by atoms with Gasteiger partial charge in [0.1, 0.15) is 0 Å². The Kier molecular flexibility index (Phi) is 44.6. The Morgan fingerprint density at radius 3 is 1.15 bits per heavy atom. The molecule has 13 rings (SSSR count). The van der Waals surface area contributed by atoms with Crippen molar-refractivity contribution in [2.75, 3.05) is 171 Å². The summed E-state index contributed by atoms with van der Waals surface area (Å²) in [6.07, 6.45) is -1.83. The van der Waals surface area contributed by atoms with Gasteiger partial charge in [-0.3, -0.25) is 33.2 Å². The van der Waals surface area contributed by atoms with E-state index in [-0.39, 0.29) is 159 Å². The molecule has 6 amide bonds. The smallest absolute Gasteiger partial charge is 0.475 e. The molecular formula is C96H111Cl6F4N11O22S2. The summed E-state index contributed by atoms with van der Waals surface area (Å²) in [6.45, 7) is 9.99. The van der Waals surface area contributed by atoms with Gasteiger partial charge in [-0.25, -0.2) is 35.9 Å². The number of amides is 6. The van der Waals surface area contributed by atoms with E-state index in [1.807, 2.05) is 56.6 Å². The number of hydrogen-bond donors (Lipinski definition) is 7. The highest BCUT2D eigenvalue weighted by Crippen LogP contribution is 2.43. The summed E-state index contributed by atoms with van der Waals surface area (Å²) in [4.78, 5) is 122. The van der Waals surface area contributed by atoms with Crippen molar-refractivity contribution in [1.82, 2.24) is 40.2 Å². The number of aryl methyl sites for hydroxylation is 1. The van der Waals surface area contributed by atoms with Gasteiger partial charge in [-0.1, -0.05) is 118 Å². The predicted octanol–water partition coefficient (Wildman–Crippen LogP) is 13.2. The quantitative estimate of drug-likeness (QED) is 0.00810. The molecule has 0 aliphatic carbocycles. The number of carboxylic acid groups (broad SMARTS) is 1. The van der Waals surface area contributed by atoms with Gasteiger partial charge in [-0.2, -0.15) is 13.2 Å². The number of sulfone groups is 1. The van der Waals surface area contributed by atoms with Crippen LogP contribution < -0.4 is 32.6 Å². The number of hydrogen-bond acceptors (Lipinski definition) is 27. The van der Waals surface area contributed by atoms with E-state index in [1.165, 1.54) is 40.5 Å². The Hall–Kier alpha value is -10.1. The van der Waals surface area contributed by atoms with Crippen molar-refractivity contribution in [3.05, 3.63) is 254 Å².